The number of aliphatic hydroxyl groups excluding tert-OH is 1. The first-order valence-corrected chi connectivity index (χ1v) is 6.92. The Balaban J connectivity index is 2.07. The van der Waals surface area contributed by atoms with Crippen LogP contribution < -0.4 is 5.73 Å². The fourth-order valence-electron chi connectivity index (χ4n) is 2.70. The molecule has 0 radical (unpaired) electrons. The lowest BCUT2D eigenvalue weighted by atomic mass is 9.91. The molecule has 1 heterocycles. The molecule has 0 aromatic heterocycles. The summed E-state index contributed by atoms with van der Waals surface area (Å²) in [5.41, 5.74) is 6.80. The van der Waals surface area contributed by atoms with Crippen molar-refractivity contribution in [2.75, 3.05) is 26.2 Å². The molecule has 0 amide bonds. The van der Waals surface area contributed by atoms with Gasteiger partial charge in [-0.1, -0.05) is 43.2 Å². The second kappa shape index (κ2) is 6.32. The smallest absolute Gasteiger partial charge is 0.0772 e. The van der Waals surface area contributed by atoms with Gasteiger partial charge in [0.25, 0.3) is 0 Å². The van der Waals surface area contributed by atoms with Crippen molar-refractivity contribution in [3.63, 3.8) is 0 Å². The Morgan fingerprint density at radius 3 is 2.22 bits per heavy atom. The summed E-state index contributed by atoms with van der Waals surface area (Å²) in [6.07, 6.45) is 5.13. The highest BCUT2D eigenvalue weighted by Gasteiger charge is 2.29. The van der Waals surface area contributed by atoms with E-state index in [-0.39, 0.29) is 6.61 Å². The zero-order valence-corrected chi connectivity index (χ0v) is 11.0. The molecule has 100 valence electrons. The third-order valence-corrected chi connectivity index (χ3v) is 3.84. The molecule has 3 nitrogen and oxygen atoms in total. The number of aliphatic hydroxyl groups is 1. The molecule has 2 rings (SSSR count). The number of benzene rings is 1. The minimum Gasteiger partial charge on any atom is -0.394 e. The number of rotatable bonds is 4. The molecular formula is C15H24N2O. The van der Waals surface area contributed by atoms with Crippen LogP contribution in [0.25, 0.3) is 0 Å². The standard InChI is InChI=1S/C15H24N2O/c16-15(13-18,14-8-4-3-5-9-14)12-17-10-6-1-2-7-11-17/h3-5,8-9,18H,1-2,6-7,10-13,16H2. The van der Waals surface area contributed by atoms with Gasteiger partial charge in [0.05, 0.1) is 12.1 Å². The van der Waals surface area contributed by atoms with E-state index >= 15 is 0 Å². The molecule has 1 saturated heterocycles. The summed E-state index contributed by atoms with van der Waals surface area (Å²) in [4.78, 5) is 2.40. The van der Waals surface area contributed by atoms with Gasteiger partial charge in [0.15, 0.2) is 0 Å². The summed E-state index contributed by atoms with van der Waals surface area (Å²) >= 11 is 0. The summed E-state index contributed by atoms with van der Waals surface area (Å²) in [5, 5.41) is 9.69. The van der Waals surface area contributed by atoms with Crippen molar-refractivity contribution in [2.24, 2.45) is 5.73 Å². The van der Waals surface area contributed by atoms with Gasteiger partial charge in [0.2, 0.25) is 0 Å². The Bertz CT molecular complexity index is 347. The maximum Gasteiger partial charge on any atom is 0.0772 e. The number of nitrogens with two attached hydrogens (primary N) is 1. The van der Waals surface area contributed by atoms with Gasteiger partial charge in [-0.2, -0.15) is 0 Å². The van der Waals surface area contributed by atoms with E-state index in [0.29, 0.717) is 0 Å². The van der Waals surface area contributed by atoms with E-state index in [1.54, 1.807) is 0 Å². The topological polar surface area (TPSA) is 49.5 Å². The first-order chi connectivity index (χ1) is 8.74. The molecule has 0 spiro atoms. The largest absolute Gasteiger partial charge is 0.394 e. The predicted molar refractivity (Wildman–Crippen MR) is 74.3 cm³/mol. The molecule has 1 aliphatic rings. The van der Waals surface area contributed by atoms with Crippen LogP contribution in [0.5, 0.6) is 0 Å². The summed E-state index contributed by atoms with van der Waals surface area (Å²) in [6.45, 7) is 2.94. The molecule has 0 aliphatic carbocycles. The number of hydrogen-bond acceptors (Lipinski definition) is 3. The van der Waals surface area contributed by atoms with Crippen molar-refractivity contribution in [3.05, 3.63) is 35.9 Å². The van der Waals surface area contributed by atoms with Gasteiger partial charge in [0.1, 0.15) is 0 Å². The molecule has 1 fully saturated rings. The molecule has 3 N–H and O–H groups in total. The summed E-state index contributed by atoms with van der Waals surface area (Å²) in [6, 6.07) is 9.96. The molecule has 1 aliphatic heterocycles. The minimum atomic E-state index is -0.633. The van der Waals surface area contributed by atoms with Crippen molar-refractivity contribution in [3.8, 4) is 0 Å². The average molecular weight is 248 g/mol. The molecule has 18 heavy (non-hydrogen) atoms. The maximum atomic E-state index is 9.69. The number of hydrogen-bond donors (Lipinski definition) is 2. The molecule has 0 saturated carbocycles. The molecular weight excluding hydrogens is 224 g/mol. The summed E-state index contributed by atoms with van der Waals surface area (Å²) < 4.78 is 0. The van der Waals surface area contributed by atoms with E-state index in [2.05, 4.69) is 4.90 Å². The Morgan fingerprint density at radius 2 is 1.67 bits per heavy atom. The average Bonchev–Trinajstić information content (AvgIpc) is 2.68. The van der Waals surface area contributed by atoms with E-state index in [0.717, 1.165) is 25.2 Å². The zero-order chi connectivity index (χ0) is 12.8. The molecule has 1 unspecified atom stereocenters. The zero-order valence-electron chi connectivity index (χ0n) is 11.0. The number of likely N-dealkylation sites (tertiary alicyclic amines) is 1. The van der Waals surface area contributed by atoms with Crippen molar-refractivity contribution >= 4 is 0 Å². The van der Waals surface area contributed by atoms with Crippen molar-refractivity contribution in [1.29, 1.82) is 0 Å². The van der Waals surface area contributed by atoms with Crippen LogP contribution >= 0.6 is 0 Å². The van der Waals surface area contributed by atoms with Gasteiger partial charge in [0, 0.05) is 6.54 Å². The maximum absolute atomic E-state index is 9.69. The third kappa shape index (κ3) is 3.31. The predicted octanol–water partition coefficient (Wildman–Crippen LogP) is 1.71. The summed E-state index contributed by atoms with van der Waals surface area (Å²) in [5.74, 6) is 0. The molecule has 1 aromatic rings. The number of nitrogens with zero attached hydrogens (tertiary/aromatic N) is 1. The Morgan fingerprint density at radius 1 is 1.06 bits per heavy atom. The first-order valence-electron chi connectivity index (χ1n) is 6.92. The van der Waals surface area contributed by atoms with Crippen LogP contribution in [0, 0.1) is 0 Å². The second-order valence-corrected chi connectivity index (χ2v) is 5.37. The minimum absolute atomic E-state index is 0.00644. The highest BCUT2D eigenvalue weighted by molar-refractivity contribution is 5.24. The van der Waals surface area contributed by atoms with Crippen LogP contribution in [0.4, 0.5) is 0 Å². The lowest BCUT2D eigenvalue weighted by molar-refractivity contribution is 0.138. The second-order valence-electron chi connectivity index (χ2n) is 5.37. The Kier molecular flexibility index (Phi) is 4.75. The molecule has 0 bridgehead atoms. The van der Waals surface area contributed by atoms with Crippen LogP contribution in [0.1, 0.15) is 31.2 Å². The summed E-state index contributed by atoms with van der Waals surface area (Å²) in [7, 11) is 0. The van der Waals surface area contributed by atoms with E-state index in [9.17, 15) is 5.11 Å². The van der Waals surface area contributed by atoms with Crippen molar-refractivity contribution < 1.29 is 5.11 Å². The first kappa shape index (κ1) is 13.5. The van der Waals surface area contributed by atoms with Crippen LogP contribution in [0.2, 0.25) is 0 Å². The fourth-order valence-corrected chi connectivity index (χ4v) is 2.70. The fraction of sp³-hybridized carbons (Fsp3) is 0.600. The van der Waals surface area contributed by atoms with Crippen molar-refractivity contribution in [2.45, 2.75) is 31.2 Å². The van der Waals surface area contributed by atoms with E-state index in [1.807, 2.05) is 30.3 Å². The van der Waals surface area contributed by atoms with Gasteiger partial charge in [-0.3, -0.25) is 0 Å². The molecule has 1 atom stereocenters. The van der Waals surface area contributed by atoms with Gasteiger partial charge in [-0.15, -0.1) is 0 Å². The molecule has 1 aromatic carbocycles. The lowest BCUT2D eigenvalue weighted by Crippen LogP contribution is -2.50. The van der Waals surface area contributed by atoms with Crippen LogP contribution in [-0.4, -0.2) is 36.2 Å². The lowest BCUT2D eigenvalue weighted by Gasteiger charge is -2.34. The van der Waals surface area contributed by atoms with Crippen LogP contribution in [0.3, 0.4) is 0 Å². The Labute approximate surface area is 110 Å². The van der Waals surface area contributed by atoms with E-state index in [1.165, 1.54) is 25.7 Å². The molecule has 3 heteroatoms. The van der Waals surface area contributed by atoms with Gasteiger partial charge >= 0.3 is 0 Å². The highest BCUT2D eigenvalue weighted by atomic mass is 16.3. The highest BCUT2D eigenvalue weighted by Crippen LogP contribution is 2.21. The van der Waals surface area contributed by atoms with E-state index < -0.39 is 5.54 Å². The van der Waals surface area contributed by atoms with Gasteiger partial charge < -0.3 is 15.7 Å². The Hall–Kier alpha value is -0.900. The monoisotopic (exact) mass is 248 g/mol. The SMILES string of the molecule is NC(CO)(CN1CCCCCC1)c1ccccc1. The normalized spacial score (nSPS) is 21.2. The van der Waals surface area contributed by atoms with E-state index in [4.69, 9.17) is 5.73 Å². The quantitative estimate of drug-likeness (QED) is 0.853. The van der Waals surface area contributed by atoms with Crippen LogP contribution in [-0.2, 0) is 5.54 Å². The van der Waals surface area contributed by atoms with Crippen molar-refractivity contribution in [1.82, 2.24) is 4.90 Å². The third-order valence-electron chi connectivity index (χ3n) is 3.84. The van der Waals surface area contributed by atoms with Crippen LogP contribution in [0.15, 0.2) is 30.3 Å². The van der Waals surface area contributed by atoms with Gasteiger partial charge in [-0.25, -0.2) is 0 Å². The van der Waals surface area contributed by atoms with Gasteiger partial charge in [-0.05, 0) is 31.5 Å².